The highest BCUT2D eigenvalue weighted by atomic mass is 32.2. The van der Waals surface area contributed by atoms with Crippen LogP contribution in [0, 0.1) is 0 Å². The Hall–Kier alpha value is -2.48. The van der Waals surface area contributed by atoms with Gasteiger partial charge in [-0.15, -0.1) is 0 Å². The van der Waals surface area contributed by atoms with E-state index in [0.717, 1.165) is 18.3 Å². The summed E-state index contributed by atoms with van der Waals surface area (Å²) in [5.41, 5.74) is 2.45. The summed E-state index contributed by atoms with van der Waals surface area (Å²) in [5, 5.41) is 0.633. The lowest BCUT2D eigenvalue weighted by atomic mass is 10.2. The predicted molar refractivity (Wildman–Crippen MR) is 104 cm³/mol. The number of nitrogens with one attached hydrogen (secondary N) is 1. The monoisotopic (exact) mass is 383 g/mol. The summed E-state index contributed by atoms with van der Waals surface area (Å²) in [6.45, 7) is 3.13. The van der Waals surface area contributed by atoms with Gasteiger partial charge in [-0.05, 0) is 23.8 Å². The number of carbonyl (C=O) groups excluding carboxylic acids is 1. The van der Waals surface area contributed by atoms with E-state index < -0.39 is 10.0 Å². The van der Waals surface area contributed by atoms with Crippen molar-refractivity contribution < 1.29 is 13.2 Å². The molecule has 0 amide bonds. The summed E-state index contributed by atoms with van der Waals surface area (Å²) in [5.74, 6) is 0. The molecule has 140 valence electrons. The number of rotatable bonds is 5. The van der Waals surface area contributed by atoms with Crippen molar-refractivity contribution in [2.24, 2.45) is 0 Å². The molecule has 7 heteroatoms. The van der Waals surface area contributed by atoms with Gasteiger partial charge >= 0.3 is 0 Å². The van der Waals surface area contributed by atoms with Crippen molar-refractivity contribution in [2.75, 3.05) is 26.2 Å². The van der Waals surface area contributed by atoms with E-state index in [1.54, 1.807) is 24.4 Å². The van der Waals surface area contributed by atoms with Gasteiger partial charge in [-0.1, -0.05) is 30.3 Å². The van der Waals surface area contributed by atoms with Crippen molar-refractivity contribution in [1.29, 1.82) is 0 Å². The van der Waals surface area contributed by atoms with Crippen molar-refractivity contribution in [2.45, 2.75) is 11.4 Å². The van der Waals surface area contributed by atoms with E-state index in [9.17, 15) is 13.2 Å². The topological polar surface area (TPSA) is 73.5 Å². The number of H-pyrrole nitrogens is 1. The molecule has 2 aromatic carbocycles. The molecular weight excluding hydrogens is 362 g/mol. The largest absolute Gasteiger partial charge is 0.360 e. The lowest BCUT2D eigenvalue weighted by Crippen LogP contribution is -2.48. The Kier molecular flexibility index (Phi) is 4.82. The van der Waals surface area contributed by atoms with Crippen molar-refractivity contribution in [1.82, 2.24) is 14.2 Å². The summed E-state index contributed by atoms with van der Waals surface area (Å²) in [4.78, 5) is 16.6. The third kappa shape index (κ3) is 3.53. The first-order chi connectivity index (χ1) is 13.1. The number of sulfonamides is 1. The maximum Gasteiger partial charge on any atom is 0.243 e. The first kappa shape index (κ1) is 17.9. The zero-order valence-corrected chi connectivity index (χ0v) is 15.7. The van der Waals surface area contributed by atoms with Gasteiger partial charge < -0.3 is 4.98 Å². The van der Waals surface area contributed by atoms with Crippen molar-refractivity contribution in [3.63, 3.8) is 0 Å². The van der Waals surface area contributed by atoms with Crippen LogP contribution in [0.15, 0.2) is 59.6 Å². The first-order valence-corrected chi connectivity index (χ1v) is 10.3. The van der Waals surface area contributed by atoms with Gasteiger partial charge in [0, 0.05) is 55.4 Å². The Morgan fingerprint density at radius 1 is 1.00 bits per heavy atom. The van der Waals surface area contributed by atoms with Crippen LogP contribution in [-0.2, 0) is 16.6 Å². The van der Waals surface area contributed by atoms with Crippen LogP contribution in [0.5, 0.6) is 0 Å². The van der Waals surface area contributed by atoms with Crippen molar-refractivity contribution in [3.05, 3.63) is 65.9 Å². The number of piperazine rings is 1. The van der Waals surface area contributed by atoms with Crippen LogP contribution < -0.4 is 0 Å². The first-order valence-electron chi connectivity index (χ1n) is 8.91. The molecule has 6 nitrogen and oxygen atoms in total. The molecule has 1 aliphatic heterocycles. The normalized spacial score (nSPS) is 16.6. The molecule has 27 heavy (non-hydrogen) atoms. The molecule has 0 spiro atoms. The number of benzene rings is 2. The molecule has 0 bridgehead atoms. The van der Waals surface area contributed by atoms with Crippen LogP contribution >= 0.6 is 0 Å². The Bertz CT molecular complexity index is 1050. The average Bonchev–Trinajstić information content (AvgIpc) is 3.11. The number of aromatic amines is 1. The van der Waals surface area contributed by atoms with E-state index in [2.05, 4.69) is 22.0 Å². The number of hydrogen-bond acceptors (Lipinski definition) is 4. The van der Waals surface area contributed by atoms with E-state index in [1.165, 1.54) is 9.87 Å². The summed E-state index contributed by atoms with van der Waals surface area (Å²) in [6.07, 6.45) is 2.33. The highest BCUT2D eigenvalue weighted by Gasteiger charge is 2.28. The van der Waals surface area contributed by atoms with Crippen LogP contribution in [0.3, 0.4) is 0 Å². The number of aromatic nitrogens is 1. The molecule has 0 radical (unpaired) electrons. The molecule has 1 N–H and O–H groups in total. The second kappa shape index (κ2) is 7.26. The van der Waals surface area contributed by atoms with Crippen LogP contribution in [-0.4, -0.2) is 55.1 Å². The average molecular weight is 383 g/mol. The van der Waals surface area contributed by atoms with E-state index >= 15 is 0 Å². The maximum absolute atomic E-state index is 13.0. The molecule has 0 saturated carbocycles. The van der Waals surface area contributed by atoms with Crippen molar-refractivity contribution in [3.8, 4) is 0 Å². The third-order valence-corrected chi connectivity index (χ3v) is 6.92. The fourth-order valence-corrected chi connectivity index (χ4v) is 4.95. The Morgan fingerprint density at radius 2 is 1.74 bits per heavy atom. The van der Waals surface area contributed by atoms with Gasteiger partial charge in [0.1, 0.15) is 0 Å². The molecule has 4 rings (SSSR count). The van der Waals surface area contributed by atoms with Crippen LogP contribution in [0.1, 0.15) is 15.9 Å². The number of nitrogens with zero attached hydrogens (tertiary/aromatic N) is 2. The predicted octanol–water partition coefficient (Wildman–Crippen LogP) is 2.49. The molecule has 0 aliphatic carbocycles. The smallest absolute Gasteiger partial charge is 0.243 e. The Balaban J connectivity index is 1.49. The quantitative estimate of drug-likeness (QED) is 0.687. The van der Waals surface area contributed by atoms with Gasteiger partial charge in [0.2, 0.25) is 10.0 Å². The molecule has 0 atom stereocenters. The van der Waals surface area contributed by atoms with E-state index in [1.807, 2.05) is 18.2 Å². The molecule has 0 unspecified atom stereocenters. The number of aldehydes is 1. The second-order valence-electron chi connectivity index (χ2n) is 6.74. The Morgan fingerprint density at radius 3 is 2.44 bits per heavy atom. The zero-order valence-electron chi connectivity index (χ0n) is 14.8. The van der Waals surface area contributed by atoms with Crippen LogP contribution in [0.2, 0.25) is 0 Å². The fourth-order valence-electron chi connectivity index (χ4n) is 3.50. The van der Waals surface area contributed by atoms with E-state index in [4.69, 9.17) is 0 Å². The standard InChI is InChI=1S/C20H21N3O3S/c24-15-17-13-21-20-7-6-18(12-19(17)20)27(25,26)23-10-8-22(9-11-23)14-16-4-2-1-3-5-16/h1-7,12-13,15,21H,8-11,14H2. The fraction of sp³-hybridized carbons (Fsp3) is 0.250. The lowest BCUT2D eigenvalue weighted by molar-refractivity contribution is 0.112. The van der Waals surface area contributed by atoms with E-state index in [0.29, 0.717) is 37.1 Å². The molecule has 1 aliphatic rings. The molecular formula is C20H21N3O3S. The minimum absolute atomic E-state index is 0.231. The second-order valence-corrected chi connectivity index (χ2v) is 8.67. The van der Waals surface area contributed by atoms with E-state index in [-0.39, 0.29) is 4.90 Å². The van der Waals surface area contributed by atoms with Crippen LogP contribution in [0.25, 0.3) is 10.9 Å². The molecule has 1 saturated heterocycles. The molecule has 1 aromatic heterocycles. The Labute approximate surface area is 158 Å². The van der Waals surface area contributed by atoms with Gasteiger partial charge in [0.15, 0.2) is 6.29 Å². The van der Waals surface area contributed by atoms with Gasteiger partial charge in [-0.3, -0.25) is 9.69 Å². The third-order valence-electron chi connectivity index (χ3n) is 5.03. The number of carbonyl (C=O) groups is 1. The van der Waals surface area contributed by atoms with Crippen molar-refractivity contribution >= 4 is 27.2 Å². The van der Waals surface area contributed by atoms with Crippen LogP contribution in [0.4, 0.5) is 0 Å². The summed E-state index contributed by atoms with van der Waals surface area (Å²) in [6, 6.07) is 15.1. The van der Waals surface area contributed by atoms with Gasteiger partial charge in [-0.2, -0.15) is 4.31 Å². The SMILES string of the molecule is O=Cc1c[nH]c2ccc(S(=O)(=O)N3CCN(Cc4ccccc4)CC3)cc12. The number of fused-ring (bicyclic) bond motifs is 1. The lowest BCUT2D eigenvalue weighted by Gasteiger charge is -2.34. The zero-order chi connectivity index (χ0) is 18.9. The maximum atomic E-state index is 13.0. The highest BCUT2D eigenvalue weighted by Crippen LogP contribution is 2.24. The molecule has 3 aromatic rings. The molecule has 1 fully saturated rings. The number of hydrogen-bond donors (Lipinski definition) is 1. The summed E-state index contributed by atoms with van der Waals surface area (Å²) < 4.78 is 27.6. The highest BCUT2D eigenvalue weighted by molar-refractivity contribution is 7.89. The van der Waals surface area contributed by atoms with Gasteiger partial charge in [0.05, 0.1) is 4.90 Å². The summed E-state index contributed by atoms with van der Waals surface area (Å²) in [7, 11) is -3.58. The van der Waals surface area contributed by atoms with Gasteiger partial charge in [-0.25, -0.2) is 8.42 Å². The summed E-state index contributed by atoms with van der Waals surface area (Å²) >= 11 is 0. The molecule has 2 heterocycles. The minimum atomic E-state index is -3.58. The minimum Gasteiger partial charge on any atom is -0.360 e. The van der Waals surface area contributed by atoms with Gasteiger partial charge in [0.25, 0.3) is 0 Å².